The number of aliphatic hydroxyl groups is 1. The molecule has 1 aliphatic rings. The van der Waals surface area contributed by atoms with Crippen LogP contribution in [0.4, 0.5) is 0 Å². The molecule has 0 fully saturated rings. The summed E-state index contributed by atoms with van der Waals surface area (Å²) in [6.07, 6.45) is 1.38. The van der Waals surface area contributed by atoms with E-state index in [1.165, 1.54) is 0 Å². The summed E-state index contributed by atoms with van der Waals surface area (Å²) in [6.45, 7) is 0.565. The maximum absolute atomic E-state index is 11.5. The monoisotopic (exact) mass is 284 g/mol. The third-order valence-electron chi connectivity index (χ3n) is 2.75. The zero-order chi connectivity index (χ0) is 13.9. The molecule has 0 aromatic heterocycles. The second-order valence-corrected chi connectivity index (χ2v) is 5.91. The van der Waals surface area contributed by atoms with Gasteiger partial charge in [0.1, 0.15) is 11.6 Å². The molecule has 0 saturated heterocycles. The van der Waals surface area contributed by atoms with Crippen molar-refractivity contribution in [1.29, 1.82) is 0 Å². The van der Waals surface area contributed by atoms with Gasteiger partial charge >= 0.3 is 0 Å². The van der Waals surface area contributed by atoms with Crippen molar-refractivity contribution in [2.24, 2.45) is 10.1 Å². The van der Waals surface area contributed by atoms with E-state index >= 15 is 0 Å². The molecule has 0 saturated carbocycles. The number of nitrogens with two attached hydrogens (primary N) is 1. The van der Waals surface area contributed by atoms with Crippen molar-refractivity contribution < 1.29 is 18.3 Å². The molecule has 1 aromatic carbocycles. The van der Waals surface area contributed by atoms with Gasteiger partial charge in [-0.1, -0.05) is 12.1 Å². The SMILES string of the molecule is NC1=NS(=O)(=O)Cc2cccc(OCCCCO)c21. The maximum atomic E-state index is 11.5. The molecule has 6 nitrogen and oxygen atoms in total. The molecule has 1 aliphatic heterocycles. The summed E-state index contributed by atoms with van der Waals surface area (Å²) in [5.74, 6) is 0.349. The van der Waals surface area contributed by atoms with Crippen molar-refractivity contribution in [3.05, 3.63) is 29.3 Å². The van der Waals surface area contributed by atoms with Crippen molar-refractivity contribution in [2.75, 3.05) is 13.2 Å². The van der Waals surface area contributed by atoms with Crippen molar-refractivity contribution in [1.82, 2.24) is 0 Å². The predicted molar refractivity (Wildman–Crippen MR) is 71.6 cm³/mol. The molecule has 0 aliphatic carbocycles. The number of ether oxygens (including phenoxy) is 1. The summed E-state index contributed by atoms with van der Waals surface area (Å²) in [5, 5.41) is 8.69. The third-order valence-corrected chi connectivity index (χ3v) is 3.90. The van der Waals surface area contributed by atoms with Crippen LogP contribution in [0, 0.1) is 0 Å². The van der Waals surface area contributed by atoms with E-state index in [-0.39, 0.29) is 18.2 Å². The first-order valence-electron chi connectivity index (χ1n) is 5.97. The van der Waals surface area contributed by atoms with E-state index in [0.29, 0.717) is 29.9 Å². The van der Waals surface area contributed by atoms with Gasteiger partial charge in [0.15, 0.2) is 0 Å². The number of aliphatic hydroxyl groups excluding tert-OH is 1. The molecule has 104 valence electrons. The number of benzene rings is 1. The Morgan fingerprint density at radius 3 is 2.89 bits per heavy atom. The Labute approximate surface area is 112 Å². The zero-order valence-corrected chi connectivity index (χ0v) is 11.2. The highest BCUT2D eigenvalue weighted by Crippen LogP contribution is 2.28. The molecule has 7 heteroatoms. The fourth-order valence-electron chi connectivity index (χ4n) is 1.93. The van der Waals surface area contributed by atoms with Crippen LogP contribution in [-0.2, 0) is 15.8 Å². The molecular weight excluding hydrogens is 268 g/mol. The molecular formula is C12H16N2O4S. The molecule has 0 amide bonds. The van der Waals surface area contributed by atoms with E-state index < -0.39 is 10.0 Å². The maximum Gasteiger partial charge on any atom is 0.259 e. The number of nitrogens with zero attached hydrogens (tertiary/aromatic N) is 1. The minimum atomic E-state index is -3.52. The van der Waals surface area contributed by atoms with Crippen LogP contribution in [0.3, 0.4) is 0 Å². The van der Waals surface area contributed by atoms with Gasteiger partial charge in [-0.15, -0.1) is 4.40 Å². The number of hydrogen-bond acceptors (Lipinski definition) is 5. The van der Waals surface area contributed by atoms with Crippen molar-refractivity contribution in [3.8, 4) is 5.75 Å². The number of hydrogen-bond donors (Lipinski definition) is 2. The van der Waals surface area contributed by atoms with E-state index in [4.69, 9.17) is 15.6 Å². The first-order valence-corrected chi connectivity index (χ1v) is 7.58. The van der Waals surface area contributed by atoms with Gasteiger partial charge in [-0.25, -0.2) is 8.42 Å². The number of sulfonamides is 1. The van der Waals surface area contributed by atoms with E-state index in [1.54, 1.807) is 18.2 Å². The average Bonchev–Trinajstić information content (AvgIpc) is 2.32. The van der Waals surface area contributed by atoms with Crippen LogP contribution < -0.4 is 10.5 Å². The summed E-state index contributed by atoms with van der Waals surface area (Å²) < 4.78 is 32.1. The first-order chi connectivity index (χ1) is 9.03. The molecule has 1 aromatic rings. The zero-order valence-electron chi connectivity index (χ0n) is 10.4. The minimum Gasteiger partial charge on any atom is -0.493 e. The third kappa shape index (κ3) is 3.24. The molecule has 19 heavy (non-hydrogen) atoms. The summed E-state index contributed by atoms with van der Waals surface area (Å²) in [4.78, 5) is 0. The highest BCUT2D eigenvalue weighted by Gasteiger charge is 2.24. The summed E-state index contributed by atoms with van der Waals surface area (Å²) >= 11 is 0. The van der Waals surface area contributed by atoms with Crippen molar-refractivity contribution in [3.63, 3.8) is 0 Å². The van der Waals surface area contributed by atoms with Gasteiger partial charge in [-0.05, 0) is 24.5 Å². The number of amidine groups is 1. The highest BCUT2D eigenvalue weighted by atomic mass is 32.2. The van der Waals surface area contributed by atoms with Crippen LogP contribution in [-0.4, -0.2) is 32.6 Å². The van der Waals surface area contributed by atoms with Gasteiger partial charge in [-0.3, -0.25) is 0 Å². The standard InChI is InChI=1S/C12H16N2O4S/c13-12-11-9(8-19(16,17)14-12)4-3-5-10(11)18-7-2-1-6-15/h3-5,15H,1-2,6-8H2,(H2,13,14). The van der Waals surface area contributed by atoms with Gasteiger partial charge in [0.05, 0.1) is 17.9 Å². The molecule has 0 bridgehead atoms. The second kappa shape index (κ2) is 5.58. The van der Waals surface area contributed by atoms with Crippen LogP contribution in [0.25, 0.3) is 0 Å². The van der Waals surface area contributed by atoms with Gasteiger partial charge in [0.25, 0.3) is 10.0 Å². The van der Waals surface area contributed by atoms with Crippen LogP contribution in [0.2, 0.25) is 0 Å². The average molecular weight is 284 g/mol. The Morgan fingerprint density at radius 1 is 1.37 bits per heavy atom. The molecule has 0 atom stereocenters. The molecule has 3 N–H and O–H groups in total. The van der Waals surface area contributed by atoms with Gasteiger partial charge < -0.3 is 15.6 Å². The summed E-state index contributed by atoms with van der Waals surface area (Å²) in [7, 11) is -3.52. The second-order valence-electron chi connectivity index (χ2n) is 4.27. The molecule has 0 radical (unpaired) electrons. The van der Waals surface area contributed by atoms with Gasteiger partial charge in [0.2, 0.25) is 0 Å². The largest absolute Gasteiger partial charge is 0.493 e. The Bertz CT molecular complexity index is 596. The van der Waals surface area contributed by atoms with Crippen molar-refractivity contribution >= 4 is 15.9 Å². The molecule has 0 spiro atoms. The topological polar surface area (TPSA) is 102 Å². The Hall–Kier alpha value is -1.60. The predicted octanol–water partition coefficient (Wildman–Crippen LogP) is 0.387. The molecule has 2 rings (SSSR count). The highest BCUT2D eigenvalue weighted by molar-refractivity contribution is 7.89. The van der Waals surface area contributed by atoms with E-state index in [1.807, 2.05) is 0 Å². The fraction of sp³-hybridized carbons (Fsp3) is 0.417. The normalized spacial score (nSPS) is 16.6. The number of fused-ring (bicyclic) bond motifs is 1. The molecule has 0 unspecified atom stereocenters. The van der Waals surface area contributed by atoms with Gasteiger partial charge in [-0.2, -0.15) is 0 Å². The Morgan fingerprint density at radius 2 is 2.16 bits per heavy atom. The number of unbranched alkanes of at least 4 members (excludes halogenated alkanes) is 1. The summed E-state index contributed by atoms with van der Waals surface area (Å²) in [5.41, 5.74) is 6.86. The quantitative estimate of drug-likeness (QED) is 0.761. The van der Waals surface area contributed by atoms with Gasteiger partial charge in [0, 0.05) is 6.61 Å². The Kier molecular flexibility index (Phi) is 4.06. The van der Waals surface area contributed by atoms with Crippen LogP contribution in [0.5, 0.6) is 5.75 Å². The van der Waals surface area contributed by atoms with E-state index in [2.05, 4.69) is 4.40 Å². The van der Waals surface area contributed by atoms with E-state index in [9.17, 15) is 8.42 Å². The Balaban J connectivity index is 2.24. The minimum absolute atomic E-state index is 0.0287. The van der Waals surface area contributed by atoms with Crippen molar-refractivity contribution in [2.45, 2.75) is 18.6 Å². The lowest BCUT2D eigenvalue weighted by Crippen LogP contribution is -2.24. The smallest absolute Gasteiger partial charge is 0.259 e. The lowest BCUT2D eigenvalue weighted by atomic mass is 10.1. The lowest BCUT2D eigenvalue weighted by Gasteiger charge is -2.18. The summed E-state index contributed by atoms with van der Waals surface area (Å²) in [6, 6.07) is 5.17. The lowest BCUT2D eigenvalue weighted by molar-refractivity contribution is 0.253. The van der Waals surface area contributed by atoms with Crippen LogP contribution in [0.15, 0.2) is 22.6 Å². The van der Waals surface area contributed by atoms with E-state index in [0.717, 1.165) is 6.42 Å². The van der Waals surface area contributed by atoms with Crippen LogP contribution >= 0.6 is 0 Å². The van der Waals surface area contributed by atoms with Crippen LogP contribution in [0.1, 0.15) is 24.0 Å². The fourth-order valence-corrected chi connectivity index (χ4v) is 3.02. The molecule has 1 heterocycles. The first kappa shape index (κ1) is 13.8. The number of rotatable bonds is 5.